The second kappa shape index (κ2) is 6.69. The molecular formula is C17H17BrN4O3. The highest BCUT2D eigenvalue weighted by Crippen LogP contribution is 2.47. The lowest BCUT2D eigenvalue weighted by Gasteiger charge is -2.25. The summed E-state index contributed by atoms with van der Waals surface area (Å²) in [6.45, 7) is 4.26. The van der Waals surface area contributed by atoms with E-state index in [4.69, 9.17) is 19.9 Å². The number of H-pyrrole nitrogens is 1. The summed E-state index contributed by atoms with van der Waals surface area (Å²) >= 11 is 3.57. The second-order valence-electron chi connectivity index (χ2n) is 5.45. The van der Waals surface area contributed by atoms with Gasteiger partial charge in [-0.05, 0) is 31.5 Å². The number of aromatic amines is 1. The lowest BCUT2D eigenvalue weighted by molar-refractivity contribution is 0.310. The van der Waals surface area contributed by atoms with Crippen LogP contribution in [-0.2, 0) is 0 Å². The van der Waals surface area contributed by atoms with Gasteiger partial charge < -0.3 is 19.9 Å². The molecule has 8 heteroatoms. The molecule has 1 aromatic carbocycles. The maximum atomic E-state index is 9.64. The summed E-state index contributed by atoms with van der Waals surface area (Å²) in [6.07, 6.45) is 0. The first kappa shape index (κ1) is 17.2. The van der Waals surface area contributed by atoms with Gasteiger partial charge in [0.2, 0.25) is 11.8 Å². The van der Waals surface area contributed by atoms with Crippen molar-refractivity contribution in [2.75, 3.05) is 13.7 Å². The fourth-order valence-electron chi connectivity index (χ4n) is 2.91. The Morgan fingerprint density at radius 1 is 1.44 bits per heavy atom. The van der Waals surface area contributed by atoms with Gasteiger partial charge in [0.25, 0.3) is 0 Å². The lowest BCUT2D eigenvalue weighted by Crippen LogP contribution is -2.21. The molecule has 0 spiro atoms. The smallest absolute Gasteiger partial charge is 0.244 e. The number of aryl methyl sites for hydroxylation is 1. The van der Waals surface area contributed by atoms with Crippen LogP contribution in [0.2, 0.25) is 0 Å². The van der Waals surface area contributed by atoms with E-state index >= 15 is 0 Å². The normalized spacial score (nSPS) is 16.0. The first-order chi connectivity index (χ1) is 12.0. The zero-order chi connectivity index (χ0) is 18.1. The third-order valence-electron chi connectivity index (χ3n) is 4.02. The minimum atomic E-state index is -0.424. The third-order valence-corrected chi connectivity index (χ3v) is 4.71. The fourth-order valence-corrected chi connectivity index (χ4v) is 3.46. The molecular weight excluding hydrogens is 388 g/mol. The van der Waals surface area contributed by atoms with Crippen molar-refractivity contribution in [3.63, 3.8) is 0 Å². The molecule has 3 rings (SSSR count). The average molecular weight is 405 g/mol. The van der Waals surface area contributed by atoms with Gasteiger partial charge in [0.1, 0.15) is 11.6 Å². The number of fused-ring (bicyclic) bond motifs is 1. The van der Waals surface area contributed by atoms with Crippen LogP contribution in [0.1, 0.15) is 29.7 Å². The molecule has 25 heavy (non-hydrogen) atoms. The van der Waals surface area contributed by atoms with E-state index in [1.54, 1.807) is 7.11 Å². The molecule has 0 radical (unpaired) electrons. The van der Waals surface area contributed by atoms with Crippen molar-refractivity contribution >= 4 is 15.9 Å². The molecule has 0 unspecified atom stereocenters. The number of hydrogen-bond acceptors (Lipinski definition) is 6. The van der Waals surface area contributed by atoms with Crippen LogP contribution in [0.3, 0.4) is 0 Å². The molecule has 2 heterocycles. The average Bonchev–Trinajstić information content (AvgIpc) is 2.95. The first-order valence-corrected chi connectivity index (χ1v) is 8.43. The van der Waals surface area contributed by atoms with Gasteiger partial charge in [-0.15, -0.1) is 5.10 Å². The highest BCUT2D eigenvalue weighted by molar-refractivity contribution is 9.10. The monoisotopic (exact) mass is 404 g/mol. The Labute approximate surface area is 153 Å². The Balaban J connectivity index is 2.25. The number of nitrogens with two attached hydrogens (primary N) is 1. The van der Waals surface area contributed by atoms with Crippen LogP contribution in [0.4, 0.5) is 0 Å². The van der Waals surface area contributed by atoms with E-state index in [-0.39, 0.29) is 5.88 Å². The summed E-state index contributed by atoms with van der Waals surface area (Å²) in [7, 11) is 1.58. The van der Waals surface area contributed by atoms with Crippen LogP contribution < -0.4 is 19.9 Å². The quantitative estimate of drug-likeness (QED) is 0.810. The van der Waals surface area contributed by atoms with Crippen molar-refractivity contribution in [2.24, 2.45) is 5.73 Å². The maximum absolute atomic E-state index is 9.64. The molecule has 7 nitrogen and oxygen atoms in total. The van der Waals surface area contributed by atoms with E-state index in [0.29, 0.717) is 29.6 Å². The highest BCUT2D eigenvalue weighted by atomic mass is 79.9. The zero-order valence-corrected chi connectivity index (χ0v) is 15.6. The molecule has 0 saturated carbocycles. The van der Waals surface area contributed by atoms with Crippen LogP contribution in [0.15, 0.2) is 28.1 Å². The standard InChI is InChI=1S/C17H17BrN4O3/c1-4-24-13-5-9(11(18)6-12(13)23-3)15-10(7-19)16(20)25-17-14(15)8(2)21-22-17/h5-6,15H,4,20H2,1-3H3,(H,21,22)/t15-/m0/s1. The van der Waals surface area contributed by atoms with Crippen LogP contribution in [-0.4, -0.2) is 23.9 Å². The van der Waals surface area contributed by atoms with Gasteiger partial charge in [-0.1, -0.05) is 15.9 Å². The van der Waals surface area contributed by atoms with Gasteiger partial charge in [0.05, 0.1) is 19.6 Å². The summed E-state index contributed by atoms with van der Waals surface area (Å²) in [6, 6.07) is 5.83. The van der Waals surface area contributed by atoms with Crippen molar-refractivity contribution in [1.29, 1.82) is 5.26 Å². The minimum Gasteiger partial charge on any atom is -0.493 e. The van der Waals surface area contributed by atoms with Gasteiger partial charge in [-0.25, -0.2) is 0 Å². The predicted molar refractivity (Wildman–Crippen MR) is 94.5 cm³/mol. The molecule has 0 aliphatic carbocycles. The largest absolute Gasteiger partial charge is 0.493 e. The number of nitrogens with one attached hydrogen (secondary N) is 1. The second-order valence-corrected chi connectivity index (χ2v) is 6.30. The third kappa shape index (κ3) is 2.81. The van der Waals surface area contributed by atoms with Gasteiger partial charge in [0, 0.05) is 15.7 Å². The van der Waals surface area contributed by atoms with Crippen LogP contribution in [0.5, 0.6) is 17.4 Å². The lowest BCUT2D eigenvalue weighted by atomic mass is 9.84. The van der Waals surface area contributed by atoms with E-state index in [2.05, 4.69) is 32.2 Å². The Hall–Kier alpha value is -2.66. The summed E-state index contributed by atoms with van der Waals surface area (Å²) in [5.74, 6) is 1.19. The van der Waals surface area contributed by atoms with E-state index < -0.39 is 5.92 Å². The molecule has 0 amide bonds. The van der Waals surface area contributed by atoms with Crippen LogP contribution in [0, 0.1) is 18.3 Å². The van der Waals surface area contributed by atoms with E-state index in [1.807, 2.05) is 26.0 Å². The predicted octanol–water partition coefficient (Wildman–Crippen LogP) is 3.11. The van der Waals surface area contributed by atoms with Gasteiger partial charge >= 0.3 is 0 Å². The number of benzene rings is 1. The van der Waals surface area contributed by atoms with Gasteiger partial charge in [0.15, 0.2) is 11.5 Å². The summed E-state index contributed by atoms with van der Waals surface area (Å²) in [5.41, 5.74) is 8.68. The zero-order valence-electron chi connectivity index (χ0n) is 14.0. The molecule has 2 aromatic rings. The maximum Gasteiger partial charge on any atom is 0.244 e. The fraction of sp³-hybridized carbons (Fsp3) is 0.294. The first-order valence-electron chi connectivity index (χ1n) is 7.64. The minimum absolute atomic E-state index is 0.0483. The molecule has 3 N–H and O–H groups in total. The molecule has 0 saturated heterocycles. The number of allylic oxidation sites excluding steroid dienone is 1. The van der Waals surface area contributed by atoms with Gasteiger partial charge in [-0.3, -0.25) is 5.10 Å². The van der Waals surface area contributed by atoms with Crippen molar-refractivity contribution < 1.29 is 14.2 Å². The van der Waals surface area contributed by atoms with Crippen molar-refractivity contribution in [3.8, 4) is 23.4 Å². The number of hydrogen-bond donors (Lipinski definition) is 2. The number of rotatable bonds is 4. The summed E-state index contributed by atoms with van der Waals surface area (Å²) in [5, 5.41) is 16.7. The number of halogens is 1. The molecule has 0 bridgehead atoms. The highest BCUT2D eigenvalue weighted by Gasteiger charge is 2.35. The molecule has 1 aliphatic rings. The SMILES string of the molecule is CCOc1cc([C@H]2C(C#N)=C(N)Oc3n[nH]c(C)c32)c(Br)cc1OC. The molecule has 1 aromatic heterocycles. The molecule has 130 valence electrons. The number of methoxy groups -OCH3 is 1. The molecule has 0 fully saturated rings. The molecule has 1 aliphatic heterocycles. The topological polar surface area (TPSA) is 106 Å². The van der Waals surface area contributed by atoms with Crippen LogP contribution in [0.25, 0.3) is 0 Å². The Kier molecular flexibility index (Phi) is 4.59. The number of ether oxygens (including phenoxy) is 3. The summed E-state index contributed by atoms with van der Waals surface area (Å²) in [4.78, 5) is 0. The number of aromatic nitrogens is 2. The number of nitriles is 1. The van der Waals surface area contributed by atoms with Crippen molar-refractivity contribution in [3.05, 3.63) is 44.9 Å². The Bertz CT molecular complexity index is 898. The van der Waals surface area contributed by atoms with E-state index in [9.17, 15) is 5.26 Å². The van der Waals surface area contributed by atoms with Crippen molar-refractivity contribution in [2.45, 2.75) is 19.8 Å². The summed E-state index contributed by atoms with van der Waals surface area (Å²) < 4.78 is 17.3. The Morgan fingerprint density at radius 3 is 2.84 bits per heavy atom. The Morgan fingerprint density at radius 2 is 2.20 bits per heavy atom. The number of nitrogens with zero attached hydrogens (tertiary/aromatic N) is 2. The van der Waals surface area contributed by atoms with E-state index in [1.165, 1.54) is 0 Å². The van der Waals surface area contributed by atoms with Crippen molar-refractivity contribution in [1.82, 2.24) is 10.2 Å². The van der Waals surface area contributed by atoms with Crippen LogP contribution >= 0.6 is 15.9 Å². The molecule has 1 atom stereocenters. The van der Waals surface area contributed by atoms with E-state index in [0.717, 1.165) is 21.3 Å². The van der Waals surface area contributed by atoms with Gasteiger partial charge in [-0.2, -0.15) is 5.26 Å².